The molecule has 0 aliphatic carbocycles. The molecule has 2 aliphatic rings. The van der Waals surface area contributed by atoms with Gasteiger partial charge in [-0.3, -0.25) is 14.4 Å². The molecule has 1 unspecified atom stereocenters. The summed E-state index contributed by atoms with van der Waals surface area (Å²) in [6.07, 6.45) is 1.86. The lowest BCUT2D eigenvalue weighted by molar-refractivity contribution is -0.146. The fraction of sp³-hybridized carbons (Fsp3) is 0.571. The molecule has 2 aliphatic heterocycles. The summed E-state index contributed by atoms with van der Waals surface area (Å²) in [5.41, 5.74) is 2.86. The molecule has 146 valence electrons. The topological polar surface area (TPSA) is 66.9 Å². The Morgan fingerprint density at radius 1 is 1.04 bits per heavy atom. The molecule has 6 nitrogen and oxygen atoms in total. The number of Topliss-reactive ketones (excluding diaryl/α,β-unsaturated/α-hetero) is 1. The van der Waals surface area contributed by atoms with Crippen LogP contribution in [0.5, 0.6) is 0 Å². The summed E-state index contributed by atoms with van der Waals surface area (Å²) in [5, 5.41) is 0. The van der Waals surface area contributed by atoms with Crippen molar-refractivity contribution in [2.75, 3.05) is 32.8 Å². The fourth-order valence-electron chi connectivity index (χ4n) is 3.74. The number of carbonyl (C=O) groups is 3. The maximum Gasteiger partial charge on any atom is 0.245 e. The number of rotatable bonds is 5. The predicted octanol–water partition coefficient (Wildman–Crippen LogP) is 2.12. The van der Waals surface area contributed by atoms with Gasteiger partial charge in [0.1, 0.15) is 6.04 Å². The van der Waals surface area contributed by atoms with Gasteiger partial charge in [-0.15, -0.1) is 0 Å². The van der Waals surface area contributed by atoms with Crippen molar-refractivity contribution >= 4 is 17.6 Å². The molecular formula is C21H28N2O4. The molecule has 1 aromatic rings. The van der Waals surface area contributed by atoms with E-state index in [4.69, 9.17) is 4.74 Å². The molecule has 27 heavy (non-hydrogen) atoms. The molecule has 0 N–H and O–H groups in total. The SMILES string of the molecule is Cc1ccc(C(=O)CCC(=O)N2CCCC2C(=O)N2CCOCC2)cc1C. The first kappa shape index (κ1) is 19.5. The van der Waals surface area contributed by atoms with Gasteiger partial charge in [-0.2, -0.15) is 0 Å². The van der Waals surface area contributed by atoms with E-state index in [0.29, 0.717) is 44.8 Å². The molecule has 3 rings (SSSR count). The van der Waals surface area contributed by atoms with Gasteiger partial charge in [-0.1, -0.05) is 12.1 Å². The average Bonchev–Trinajstić information content (AvgIpc) is 3.18. The van der Waals surface area contributed by atoms with Crippen molar-refractivity contribution in [3.05, 3.63) is 34.9 Å². The van der Waals surface area contributed by atoms with Crippen molar-refractivity contribution in [3.63, 3.8) is 0 Å². The highest BCUT2D eigenvalue weighted by molar-refractivity contribution is 5.98. The van der Waals surface area contributed by atoms with Crippen LogP contribution in [0.2, 0.25) is 0 Å². The zero-order valence-electron chi connectivity index (χ0n) is 16.2. The number of carbonyl (C=O) groups excluding carboxylic acids is 3. The number of nitrogens with zero attached hydrogens (tertiary/aromatic N) is 2. The fourth-order valence-corrected chi connectivity index (χ4v) is 3.74. The number of amides is 2. The molecular weight excluding hydrogens is 344 g/mol. The second-order valence-electron chi connectivity index (χ2n) is 7.41. The Balaban J connectivity index is 1.57. The van der Waals surface area contributed by atoms with Crippen LogP contribution < -0.4 is 0 Å². The molecule has 0 aromatic heterocycles. The number of benzene rings is 1. The van der Waals surface area contributed by atoms with E-state index in [1.54, 1.807) is 9.80 Å². The standard InChI is InChI=1S/C21H28N2O4/c1-15-5-6-17(14-16(15)2)19(24)7-8-20(25)23-9-3-4-18(23)21(26)22-10-12-27-13-11-22/h5-6,14,18H,3-4,7-13H2,1-2H3. The molecule has 2 heterocycles. The summed E-state index contributed by atoms with van der Waals surface area (Å²) < 4.78 is 5.30. The van der Waals surface area contributed by atoms with Crippen molar-refractivity contribution in [2.45, 2.75) is 45.6 Å². The summed E-state index contributed by atoms with van der Waals surface area (Å²) in [5.74, 6) is -0.109. The Morgan fingerprint density at radius 3 is 2.48 bits per heavy atom. The number of aryl methyl sites for hydroxylation is 2. The van der Waals surface area contributed by atoms with E-state index >= 15 is 0 Å². The molecule has 2 saturated heterocycles. The number of morpholine rings is 1. The third-order valence-electron chi connectivity index (χ3n) is 5.58. The molecule has 1 atom stereocenters. The maximum atomic E-state index is 12.8. The van der Waals surface area contributed by atoms with Crippen LogP contribution in [0.1, 0.15) is 47.2 Å². The van der Waals surface area contributed by atoms with E-state index < -0.39 is 0 Å². The van der Waals surface area contributed by atoms with Crippen molar-refractivity contribution in [1.82, 2.24) is 9.80 Å². The van der Waals surface area contributed by atoms with Crippen molar-refractivity contribution in [3.8, 4) is 0 Å². The van der Waals surface area contributed by atoms with Crippen LogP contribution in [-0.4, -0.2) is 66.3 Å². The van der Waals surface area contributed by atoms with E-state index in [1.807, 2.05) is 32.0 Å². The van der Waals surface area contributed by atoms with E-state index in [1.165, 1.54) is 0 Å². The molecule has 0 bridgehead atoms. The summed E-state index contributed by atoms with van der Waals surface area (Å²) >= 11 is 0. The minimum absolute atomic E-state index is 0.0182. The van der Waals surface area contributed by atoms with Gasteiger partial charge in [-0.05, 0) is 43.9 Å². The smallest absolute Gasteiger partial charge is 0.245 e. The lowest BCUT2D eigenvalue weighted by Crippen LogP contribution is -2.51. The zero-order valence-corrected chi connectivity index (χ0v) is 16.2. The van der Waals surface area contributed by atoms with Gasteiger partial charge < -0.3 is 14.5 Å². The number of hydrogen-bond donors (Lipinski definition) is 0. The van der Waals surface area contributed by atoms with Gasteiger partial charge in [0.05, 0.1) is 13.2 Å². The van der Waals surface area contributed by atoms with Crippen molar-refractivity contribution < 1.29 is 19.1 Å². The lowest BCUT2D eigenvalue weighted by Gasteiger charge is -2.32. The van der Waals surface area contributed by atoms with Gasteiger partial charge in [0.15, 0.2) is 5.78 Å². The second kappa shape index (κ2) is 8.65. The van der Waals surface area contributed by atoms with Crippen LogP contribution in [-0.2, 0) is 14.3 Å². The predicted molar refractivity (Wildman–Crippen MR) is 102 cm³/mol. The normalized spacial score (nSPS) is 20.0. The van der Waals surface area contributed by atoms with Gasteiger partial charge >= 0.3 is 0 Å². The molecule has 0 radical (unpaired) electrons. The van der Waals surface area contributed by atoms with Crippen LogP contribution in [0, 0.1) is 13.8 Å². The van der Waals surface area contributed by atoms with Crippen LogP contribution >= 0.6 is 0 Å². The van der Waals surface area contributed by atoms with E-state index in [9.17, 15) is 14.4 Å². The van der Waals surface area contributed by atoms with Crippen LogP contribution in [0.15, 0.2) is 18.2 Å². The third kappa shape index (κ3) is 4.56. The molecule has 0 spiro atoms. The Hall–Kier alpha value is -2.21. The Labute approximate surface area is 160 Å². The zero-order chi connectivity index (χ0) is 19.4. The summed E-state index contributed by atoms with van der Waals surface area (Å²) in [7, 11) is 0. The Morgan fingerprint density at radius 2 is 1.78 bits per heavy atom. The quantitative estimate of drug-likeness (QED) is 0.743. The van der Waals surface area contributed by atoms with E-state index in [-0.39, 0.29) is 36.5 Å². The number of ether oxygens (including phenoxy) is 1. The number of likely N-dealkylation sites (tertiary alicyclic amines) is 1. The minimum Gasteiger partial charge on any atom is -0.378 e. The number of hydrogen-bond acceptors (Lipinski definition) is 4. The summed E-state index contributed by atoms with van der Waals surface area (Å²) in [4.78, 5) is 41.3. The van der Waals surface area contributed by atoms with E-state index in [0.717, 1.165) is 17.5 Å². The minimum atomic E-state index is -0.382. The van der Waals surface area contributed by atoms with E-state index in [2.05, 4.69) is 0 Å². The first-order chi connectivity index (χ1) is 13.0. The highest BCUT2D eigenvalue weighted by Gasteiger charge is 2.36. The van der Waals surface area contributed by atoms with Gasteiger partial charge in [0, 0.05) is 38.0 Å². The maximum absolute atomic E-state index is 12.8. The molecule has 1 aromatic carbocycles. The number of ketones is 1. The van der Waals surface area contributed by atoms with Crippen molar-refractivity contribution in [1.29, 1.82) is 0 Å². The van der Waals surface area contributed by atoms with Crippen LogP contribution in [0.25, 0.3) is 0 Å². The summed E-state index contributed by atoms with van der Waals surface area (Å²) in [6, 6.07) is 5.24. The monoisotopic (exact) mass is 372 g/mol. The van der Waals surface area contributed by atoms with Gasteiger partial charge in [0.2, 0.25) is 11.8 Å². The first-order valence-corrected chi connectivity index (χ1v) is 9.74. The van der Waals surface area contributed by atoms with Crippen molar-refractivity contribution in [2.24, 2.45) is 0 Å². The molecule has 2 amide bonds. The second-order valence-corrected chi connectivity index (χ2v) is 7.41. The lowest BCUT2D eigenvalue weighted by atomic mass is 10.0. The molecule has 6 heteroatoms. The van der Waals surface area contributed by atoms with Crippen LogP contribution in [0.4, 0.5) is 0 Å². The molecule has 0 saturated carbocycles. The Bertz CT molecular complexity index is 725. The largest absolute Gasteiger partial charge is 0.378 e. The van der Waals surface area contributed by atoms with Gasteiger partial charge in [-0.25, -0.2) is 0 Å². The third-order valence-corrected chi connectivity index (χ3v) is 5.58. The summed E-state index contributed by atoms with van der Waals surface area (Å²) in [6.45, 7) is 6.85. The highest BCUT2D eigenvalue weighted by atomic mass is 16.5. The Kier molecular flexibility index (Phi) is 6.26. The average molecular weight is 372 g/mol. The van der Waals surface area contributed by atoms with Crippen LogP contribution in [0.3, 0.4) is 0 Å². The molecule has 2 fully saturated rings. The first-order valence-electron chi connectivity index (χ1n) is 9.74. The van der Waals surface area contributed by atoms with Gasteiger partial charge in [0.25, 0.3) is 0 Å². The highest BCUT2D eigenvalue weighted by Crippen LogP contribution is 2.22.